The zero-order valence-electron chi connectivity index (χ0n) is 9.40. The Balaban J connectivity index is 2.24. The quantitative estimate of drug-likeness (QED) is 0.708. The van der Waals surface area contributed by atoms with Gasteiger partial charge in [0.15, 0.2) is 0 Å². The number of hydrogen-bond donors (Lipinski definition) is 1. The number of rotatable bonds is 5. The van der Waals surface area contributed by atoms with Gasteiger partial charge in [0.25, 0.3) is 0 Å². The molecule has 0 amide bonds. The number of ether oxygens (including phenoxy) is 1. The number of hydrogen-bond acceptors (Lipinski definition) is 4. The summed E-state index contributed by atoms with van der Waals surface area (Å²) in [5.74, 6) is 0. The van der Waals surface area contributed by atoms with E-state index in [-0.39, 0.29) is 6.04 Å². The number of nitrogens with zero attached hydrogens (tertiary/aromatic N) is 1. The van der Waals surface area contributed by atoms with Gasteiger partial charge in [-0.2, -0.15) is 0 Å². The maximum atomic E-state index is 11.0. The van der Waals surface area contributed by atoms with Crippen LogP contribution in [0.1, 0.15) is 12.8 Å². The number of piperidine rings is 1. The van der Waals surface area contributed by atoms with Crippen LogP contribution in [-0.4, -0.2) is 59.0 Å². The second-order valence-corrected chi connectivity index (χ2v) is 5.78. The molecule has 1 fully saturated rings. The fourth-order valence-electron chi connectivity index (χ4n) is 1.80. The Labute approximate surface area is 91.8 Å². The molecule has 1 N–H and O–H groups in total. The van der Waals surface area contributed by atoms with E-state index in [0.717, 1.165) is 39.1 Å². The predicted molar refractivity (Wildman–Crippen MR) is 59.3 cm³/mol. The second kappa shape index (κ2) is 5.79. The van der Waals surface area contributed by atoms with Crippen molar-refractivity contribution in [3.63, 3.8) is 0 Å². The molecule has 0 saturated carbocycles. The average Bonchev–Trinajstić information content (AvgIpc) is 2.14. The Hall–Kier alpha value is -0.170. The lowest BCUT2D eigenvalue weighted by molar-refractivity contribution is 0.129. The maximum absolute atomic E-state index is 11.0. The minimum absolute atomic E-state index is 0.110. The van der Waals surface area contributed by atoms with E-state index in [1.54, 1.807) is 7.11 Å². The van der Waals surface area contributed by atoms with Crippen molar-refractivity contribution < 1.29 is 13.2 Å². The SMILES string of the molecule is COCCN1CCC(NS(C)(=O)=O)CC1. The van der Waals surface area contributed by atoms with E-state index in [1.165, 1.54) is 6.26 Å². The van der Waals surface area contributed by atoms with Gasteiger partial charge in [0.2, 0.25) is 10.0 Å². The van der Waals surface area contributed by atoms with Crippen LogP contribution in [0.4, 0.5) is 0 Å². The van der Waals surface area contributed by atoms with Crippen molar-refractivity contribution in [2.24, 2.45) is 0 Å². The van der Waals surface area contributed by atoms with E-state index in [1.807, 2.05) is 0 Å². The molecule has 90 valence electrons. The van der Waals surface area contributed by atoms with E-state index < -0.39 is 10.0 Å². The minimum Gasteiger partial charge on any atom is -0.383 e. The van der Waals surface area contributed by atoms with Crippen molar-refractivity contribution in [3.8, 4) is 0 Å². The number of sulfonamides is 1. The lowest BCUT2D eigenvalue weighted by Crippen LogP contribution is -2.45. The first-order chi connectivity index (χ1) is 7.01. The summed E-state index contributed by atoms with van der Waals surface area (Å²) in [7, 11) is -1.36. The molecule has 5 nitrogen and oxygen atoms in total. The van der Waals surface area contributed by atoms with Gasteiger partial charge in [0.05, 0.1) is 12.9 Å². The summed E-state index contributed by atoms with van der Waals surface area (Å²) < 4.78 is 29.7. The summed E-state index contributed by atoms with van der Waals surface area (Å²) in [6, 6.07) is 0.110. The lowest BCUT2D eigenvalue weighted by atomic mass is 10.1. The van der Waals surface area contributed by atoms with Gasteiger partial charge in [0.1, 0.15) is 0 Å². The van der Waals surface area contributed by atoms with Gasteiger partial charge in [-0.15, -0.1) is 0 Å². The largest absolute Gasteiger partial charge is 0.383 e. The first kappa shape index (κ1) is 12.9. The summed E-state index contributed by atoms with van der Waals surface area (Å²) in [5.41, 5.74) is 0. The van der Waals surface area contributed by atoms with Crippen LogP contribution in [0.15, 0.2) is 0 Å². The van der Waals surface area contributed by atoms with Gasteiger partial charge in [-0.05, 0) is 25.9 Å². The summed E-state index contributed by atoms with van der Waals surface area (Å²) in [6.07, 6.45) is 2.98. The van der Waals surface area contributed by atoms with Crippen LogP contribution in [-0.2, 0) is 14.8 Å². The molecule has 0 bridgehead atoms. The Morgan fingerprint density at radius 2 is 2.00 bits per heavy atom. The smallest absolute Gasteiger partial charge is 0.208 e. The highest BCUT2D eigenvalue weighted by atomic mass is 32.2. The Bertz CT molecular complexity index is 271. The first-order valence-electron chi connectivity index (χ1n) is 5.20. The molecule has 0 aromatic rings. The number of methoxy groups -OCH3 is 1. The highest BCUT2D eigenvalue weighted by Gasteiger charge is 2.20. The standard InChI is InChI=1S/C9H20N2O3S/c1-14-8-7-11-5-3-9(4-6-11)10-15(2,12)13/h9-10H,3-8H2,1-2H3. The maximum Gasteiger partial charge on any atom is 0.208 e. The van der Waals surface area contributed by atoms with Crippen molar-refractivity contribution in [1.82, 2.24) is 9.62 Å². The van der Waals surface area contributed by atoms with Crippen molar-refractivity contribution in [2.45, 2.75) is 18.9 Å². The van der Waals surface area contributed by atoms with Gasteiger partial charge in [-0.3, -0.25) is 0 Å². The average molecular weight is 236 g/mol. The molecule has 1 saturated heterocycles. The fourth-order valence-corrected chi connectivity index (χ4v) is 2.64. The molecule has 0 aliphatic carbocycles. The van der Waals surface area contributed by atoms with Crippen LogP contribution in [0.5, 0.6) is 0 Å². The summed E-state index contributed by atoms with van der Waals surface area (Å²) >= 11 is 0. The molecule has 0 spiro atoms. The lowest BCUT2D eigenvalue weighted by Gasteiger charge is -2.31. The number of nitrogens with one attached hydrogen (secondary N) is 1. The molecular formula is C9H20N2O3S. The minimum atomic E-state index is -3.05. The zero-order chi connectivity index (χ0) is 11.3. The summed E-state index contributed by atoms with van der Waals surface area (Å²) in [6.45, 7) is 3.55. The second-order valence-electron chi connectivity index (χ2n) is 4.00. The van der Waals surface area contributed by atoms with Crippen LogP contribution in [0, 0.1) is 0 Å². The van der Waals surface area contributed by atoms with Crippen LogP contribution < -0.4 is 4.72 Å². The number of likely N-dealkylation sites (tertiary alicyclic amines) is 1. The van der Waals surface area contributed by atoms with Crippen LogP contribution in [0.3, 0.4) is 0 Å². The Kier molecular flexibility index (Phi) is 4.98. The third-order valence-electron chi connectivity index (χ3n) is 2.58. The van der Waals surface area contributed by atoms with Gasteiger partial charge >= 0.3 is 0 Å². The molecule has 15 heavy (non-hydrogen) atoms. The third kappa shape index (κ3) is 5.46. The molecule has 1 aliphatic heterocycles. The Morgan fingerprint density at radius 3 is 2.47 bits per heavy atom. The van der Waals surface area contributed by atoms with Gasteiger partial charge in [-0.25, -0.2) is 13.1 Å². The van der Waals surface area contributed by atoms with Crippen molar-refractivity contribution >= 4 is 10.0 Å². The van der Waals surface area contributed by atoms with Crippen molar-refractivity contribution in [2.75, 3.05) is 39.6 Å². The molecule has 0 radical (unpaired) electrons. The Morgan fingerprint density at radius 1 is 1.40 bits per heavy atom. The van der Waals surface area contributed by atoms with Gasteiger partial charge in [0, 0.05) is 19.7 Å². The van der Waals surface area contributed by atoms with Crippen LogP contribution >= 0.6 is 0 Å². The van der Waals surface area contributed by atoms with Crippen molar-refractivity contribution in [1.29, 1.82) is 0 Å². The molecule has 0 atom stereocenters. The zero-order valence-corrected chi connectivity index (χ0v) is 10.2. The van der Waals surface area contributed by atoms with E-state index in [9.17, 15) is 8.42 Å². The van der Waals surface area contributed by atoms with Gasteiger partial charge in [-0.1, -0.05) is 0 Å². The molecule has 1 heterocycles. The van der Waals surface area contributed by atoms with Crippen molar-refractivity contribution in [3.05, 3.63) is 0 Å². The third-order valence-corrected chi connectivity index (χ3v) is 3.34. The van der Waals surface area contributed by atoms with E-state index in [4.69, 9.17) is 4.74 Å². The fraction of sp³-hybridized carbons (Fsp3) is 1.00. The first-order valence-corrected chi connectivity index (χ1v) is 7.09. The summed E-state index contributed by atoms with van der Waals surface area (Å²) in [5, 5.41) is 0. The van der Waals surface area contributed by atoms with Crippen LogP contribution in [0.2, 0.25) is 0 Å². The molecular weight excluding hydrogens is 216 g/mol. The molecule has 0 aromatic heterocycles. The predicted octanol–water partition coefficient (Wildman–Crippen LogP) is -0.354. The molecule has 0 unspecified atom stereocenters. The molecule has 1 aliphatic rings. The van der Waals surface area contributed by atoms with E-state index in [2.05, 4.69) is 9.62 Å². The molecule has 1 rings (SSSR count). The van der Waals surface area contributed by atoms with Gasteiger partial charge < -0.3 is 9.64 Å². The van der Waals surface area contributed by atoms with Crippen LogP contribution in [0.25, 0.3) is 0 Å². The monoisotopic (exact) mass is 236 g/mol. The highest BCUT2D eigenvalue weighted by Crippen LogP contribution is 2.10. The topological polar surface area (TPSA) is 58.6 Å². The van der Waals surface area contributed by atoms with E-state index in [0.29, 0.717) is 0 Å². The van der Waals surface area contributed by atoms with E-state index >= 15 is 0 Å². The molecule has 0 aromatic carbocycles. The normalized spacial score (nSPS) is 20.7. The highest BCUT2D eigenvalue weighted by molar-refractivity contribution is 7.88. The molecule has 6 heteroatoms. The summed E-state index contributed by atoms with van der Waals surface area (Å²) in [4.78, 5) is 2.30.